The van der Waals surface area contributed by atoms with Gasteiger partial charge in [-0.25, -0.2) is 0 Å². The molecular formula is C30H35N3O5S. The van der Waals surface area contributed by atoms with E-state index in [-0.39, 0.29) is 42.9 Å². The number of aliphatic carboxylic acids is 1. The number of amides is 2. The van der Waals surface area contributed by atoms with Crippen LogP contribution in [0.15, 0.2) is 41.9 Å². The van der Waals surface area contributed by atoms with E-state index >= 15 is 0 Å². The highest BCUT2D eigenvalue weighted by atomic mass is 32.1. The maximum atomic E-state index is 13.8. The lowest BCUT2D eigenvalue weighted by Gasteiger charge is -2.34. The number of Topliss-reactive ketones (excluding diaryl/α,β-unsaturated/α-hetero) is 1. The molecule has 0 saturated heterocycles. The summed E-state index contributed by atoms with van der Waals surface area (Å²) in [5.41, 5.74) is 2.81. The van der Waals surface area contributed by atoms with Gasteiger partial charge in [0.1, 0.15) is 11.8 Å². The van der Waals surface area contributed by atoms with Gasteiger partial charge in [-0.15, -0.1) is 11.3 Å². The van der Waals surface area contributed by atoms with E-state index in [1.165, 1.54) is 0 Å². The van der Waals surface area contributed by atoms with E-state index in [2.05, 4.69) is 10.6 Å². The minimum Gasteiger partial charge on any atom is -0.481 e. The number of carbonyl (C=O) groups excluding carboxylic acids is 3. The number of carbonyl (C=O) groups is 4. The van der Waals surface area contributed by atoms with E-state index in [4.69, 9.17) is 0 Å². The van der Waals surface area contributed by atoms with Gasteiger partial charge in [-0.2, -0.15) is 0 Å². The first-order valence-corrected chi connectivity index (χ1v) is 14.7. The van der Waals surface area contributed by atoms with Crippen molar-refractivity contribution in [2.45, 2.75) is 76.9 Å². The molecule has 5 rings (SSSR count). The van der Waals surface area contributed by atoms with Gasteiger partial charge in [0.15, 0.2) is 0 Å². The average Bonchev–Trinajstić information content (AvgIpc) is 3.47. The predicted molar refractivity (Wildman–Crippen MR) is 150 cm³/mol. The quantitative estimate of drug-likeness (QED) is 0.372. The number of aryl methyl sites for hydroxylation is 1. The van der Waals surface area contributed by atoms with Gasteiger partial charge >= 0.3 is 5.97 Å². The second-order valence-electron chi connectivity index (χ2n) is 10.8. The SMILES string of the molecule is CCC(CC)C(NC(=O)Cc1csc2ccccc12)C(=O)N[C@H]1CCc2ccn3c2C1C(=O)C[C@H](C(=O)O)C3. The number of hydrogen-bond acceptors (Lipinski definition) is 5. The number of ketones is 1. The molecule has 3 aromatic rings. The first-order chi connectivity index (χ1) is 18.8. The van der Waals surface area contributed by atoms with Gasteiger partial charge < -0.3 is 20.3 Å². The van der Waals surface area contributed by atoms with Crippen molar-refractivity contribution in [3.05, 3.63) is 58.7 Å². The molecule has 1 aromatic carbocycles. The Labute approximate surface area is 231 Å². The highest BCUT2D eigenvalue weighted by Crippen LogP contribution is 2.38. The fraction of sp³-hybridized carbons (Fsp3) is 0.467. The molecule has 8 nitrogen and oxygen atoms in total. The minimum atomic E-state index is -0.986. The van der Waals surface area contributed by atoms with Gasteiger partial charge in [0, 0.05) is 35.6 Å². The Kier molecular flexibility index (Phi) is 7.88. The zero-order valence-corrected chi connectivity index (χ0v) is 23.1. The largest absolute Gasteiger partial charge is 0.481 e. The Morgan fingerprint density at radius 3 is 2.67 bits per heavy atom. The van der Waals surface area contributed by atoms with Crippen LogP contribution in [0.4, 0.5) is 0 Å². The van der Waals surface area contributed by atoms with Crippen LogP contribution in [0, 0.1) is 11.8 Å². The molecule has 4 atom stereocenters. The van der Waals surface area contributed by atoms with Gasteiger partial charge in [0.2, 0.25) is 11.8 Å². The summed E-state index contributed by atoms with van der Waals surface area (Å²) in [6, 6.07) is 8.75. The second kappa shape index (κ2) is 11.3. The number of rotatable bonds is 9. The molecule has 9 heteroatoms. The van der Waals surface area contributed by atoms with E-state index < -0.39 is 29.9 Å². The van der Waals surface area contributed by atoms with Crippen molar-refractivity contribution in [2.75, 3.05) is 0 Å². The van der Waals surface area contributed by atoms with Gasteiger partial charge in [-0.1, -0.05) is 44.9 Å². The van der Waals surface area contributed by atoms with Crippen LogP contribution in [-0.4, -0.2) is 45.3 Å². The molecule has 1 aliphatic heterocycles. The Morgan fingerprint density at radius 2 is 1.92 bits per heavy atom. The molecule has 206 valence electrons. The zero-order chi connectivity index (χ0) is 27.7. The van der Waals surface area contributed by atoms with Crippen molar-refractivity contribution in [1.29, 1.82) is 0 Å². The Morgan fingerprint density at radius 1 is 1.15 bits per heavy atom. The average molecular weight is 550 g/mol. The number of benzene rings is 1. The van der Waals surface area contributed by atoms with Crippen LogP contribution in [0.5, 0.6) is 0 Å². The van der Waals surface area contributed by atoms with E-state index in [1.807, 2.05) is 60.3 Å². The molecule has 0 spiro atoms. The minimum absolute atomic E-state index is 0.0580. The molecule has 2 aromatic heterocycles. The highest BCUT2D eigenvalue weighted by Gasteiger charge is 2.43. The summed E-state index contributed by atoms with van der Waals surface area (Å²) in [7, 11) is 0. The Hall–Kier alpha value is -3.46. The molecular weight excluding hydrogens is 514 g/mol. The number of nitrogens with one attached hydrogen (secondary N) is 2. The van der Waals surface area contributed by atoms with Crippen LogP contribution in [0.3, 0.4) is 0 Å². The van der Waals surface area contributed by atoms with Crippen LogP contribution in [0.2, 0.25) is 0 Å². The first kappa shape index (κ1) is 27.1. The molecule has 1 aliphatic carbocycles. The second-order valence-corrected chi connectivity index (χ2v) is 11.7. The highest BCUT2D eigenvalue weighted by molar-refractivity contribution is 7.17. The molecule has 0 radical (unpaired) electrons. The van der Waals surface area contributed by atoms with Crippen molar-refractivity contribution in [3.63, 3.8) is 0 Å². The summed E-state index contributed by atoms with van der Waals surface area (Å²) >= 11 is 1.60. The van der Waals surface area contributed by atoms with Crippen molar-refractivity contribution in [2.24, 2.45) is 11.8 Å². The third-order valence-corrected chi connectivity index (χ3v) is 9.45. The number of fused-ring (bicyclic) bond motifs is 1. The molecule has 0 bridgehead atoms. The maximum Gasteiger partial charge on any atom is 0.308 e. The third-order valence-electron chi connectivity index (χ3n) is 8.44. The summed E-state index contributed by atoms with van der Waals surface area (Å²) in [5.74, 6) is -3.07. The fourth-order valence-electron chi connectivity index (χ4n) is 6.31. The van der Waals surface area contributed by atoms with E-state index in [0.717, 1.165) is 39.7 Å². The van der Waals surface area contributed by atoms with Crippen LogP contribution < -0.4 is 10.6 Å². The zero-order valence-electron chi connectivity index (χ0n) is 22.3. The standard InChI is InChI=1S/C30H35N3O5S/c1-3-17(4-2)27(32-25(35)14-20-16-39-24-8-6-5-7-21(20)24)29(36)31-22-10-9-18-11-12-33-15-19(30(37)38)13-23(34)26(22)28(18)33/h5-8,11-12,16-17,19,22,26-27H,3-4,9-10,13-15H2,1-2H3,(H,31,36)(H,32,35)(H,37,38)/t19-,22-,26?,27?/m0/s1. The summed E-state index contributed by atoms with van der Waals surface area (Å²) < 4.78 is 3.00. The van der Waals surface area contributed by atoms with Crippen LogP contribution in [0.25, 0.3) is 10.1 Å². The molecule has 3 heterocycles. The lowest BCUT2D eigenvalue weighted by Crippen LogP contribution is -2.55. The molecule has 0 fully saturated rings. The molecule has 3 N–H and O–H groups in total. The van der Waals surface area contributed by atoms with E-state index in [9.17, 15) is 24.3 Å². The van der Waals surface area contributed by atoms with Gasteiger partial charge in [-0.3, -0.25) is 19.2 Å². The lowest BCUT2D eigenvalue weighted by atomic mass is 9.79. The monoisotopic (exact) mass is 549 g/mol. The third kappa shape index (κ3) is 5.37. The maximum absolute atomic E-state index is 13.8. The topological polar surface area (TPSA) is 118 Å². The molecule has 2 amide bonds. The number of carboxylic acid groups (broad SMARTS) is 1. The van der Waals surface area contributed by atoms with Crippen LogP contribution >= 0.6 is 11.3 Å². The smallest absolute Gasteiger partial charge is 0.308 e. The van der Waals surface area contributed by atoms with Crippen molar-refractivity contribution in [3.8, 4) is 0 Å². The number of carboxylic acids is 1. The van der Waals surface area contributed by atoms with Gasteiger partial charge in [-0.05, 0) is 52.8 Å². The molecule has 2 unspecified atom stereocenters. The van der Waals surface area contributed by atoms with Crippen molar-refractivity contribution < 1.29 is 24.3 Å². The van der Waals surface area contributed by atoms with Gasteiger partial charge in [0.25, 0.3) is 0 Å². The number of thiophene rings is 1. The summed E-state index contributed by atoms with van der Waals surface area (Å²) in [4.78, 5) is 52.1. The van der Waals surface area contributed by atoms with E-state index in [1.54, 1.807) is 11.3 Å². The number of aromatic nitrogens is 1. The number of hydrogen-bond donors (Lipinski definition) is 3. The predicted octanol–water partition coefficient (Wildman–Crippen LogP) is 4.05. The van der Waals surface area contributed by atoms with Crippen molar-refractivity contribution in [1.82, 2.24) is 15.2 Å². The summed E-state index contributed by atoms with van der Waals surface area (Å²) in [6.45, 7) is 4.26. The molecule has 2 aliphatic rings. The Bertz CT molecular complexity index is 1400. The number of nitrogens with zero attached hydrogens (tertiary/aromatic N) is 1. The summed E-state index contributed by atoms with van der Waals surface area (Å²) in [5, 5.41) is 18.8. The summed E-state index contributed by atoms with van der Waals surface area (Å²) in [6.07, 6.45) is 4.70. The lowest BCUT2D eigenvalue weighted by molar-refractivity contribution is -0.144. The Balaban J connectivity index is 1.35. The first-order valence-electron chi connectivity index (χ1n) is 13.8. The van der Waals surface area contributed by atoms with Crippen LogP contribution in [-0.2, 0) is 38.6 Å². The fourth-order valence-corrected chi connectivity index (χ4v) is 7.28. The molecule has 0 saturated carbocycles. The van der Waals surface area contributed by atoms with E-state index in [0.29, 0.717) is 12.8 Å². The van der Waals surface area contributed by atoms with Gasteiger partial charge in [0.05, 0.1) is 18.3 Å². The van der Waals surface area contributed by atoms with Crippen LogP contribution in [0.1, 0.15) is 62.3 Å². The normalized spacial score (nSPS) is 21.3. The molecule has 39 heavy (non-hydrogen) atoms. The van der Waals surface area contributed by atoms with Crippen molar-refractivity contribution >= 4 is 45.0 Å².